The normalized spacial score (nSPS) is 35.7. The van der Waals surface area contributed by atoms with E-state index in [1.54, 1.807) is 0 Å². The van der Waals surface area contributed by atoms with Crippen LogP contribution in [0.3, 0.4) is 0 Å². The van der Waals surface area contributed by atoms with Gasteiger partial charge in [0.1, 0.15) is 0 Å². The average Bonchev–Trinajstić information content (AvgIpc) is 3.11. The Morgan fingerprint density at radius 3 is 2.70 bits per heavy atom. The summed E-state index contributed by atoms with van der Waals surface area (Å²) in [5.41, 5.74) is 1.18. The van der Waals surface area contributed by atoms with Gasteiger partial charge in [-0.2, -0.15) is 0 Å². The number of esters is 1. The van der Waals surface area contributed by atoms with E-state index in [0.29, 0.717) is 12.0 Å². The summed E-state index contributed by atoms with van der Waals surface area (Å²) in [6.45, 7) is 6.67. The lowest BCUT2D eigenvalue weighted by atomic mass is 9.84. The molecule has 5 heteroatoms. The van der Waals surface area contributed by atoms with E-state index >= 15 is 0 Å². The van der Waals surface area contributed by atoms with E-state index in [0.717, 1.165) is 32.4 Å². The second-order valence-electron chi connectivity index (χ2n) is 6.09. The molecule has 3 aliphatic rings. The van der Waals surface area contributed by atoms with E-state index in [1.807, 2.05) is 0 Å². The predicted molar refractivity (Wildman–Crippen MR) is 75.4 cm³/mol. The van der Waals surface area contributed by atoms with Gasteiger partial charge in [-0.05, 0) is 19.3 Å². The van der Waals surface area contributed by atoms with Crippen LogP contribution in [0, 0.1) is 17.8 Å². The Labute approximate surface area is 120 Å². The number of fused-ring (bicyclic) bond motifs is 1. The summed E-state index contributed by atoms with van der Waals surface area (Å²) in [6.07, 6.45) is 2.90. The third-order valence-corrected chi connectivity index (χ3v) is 5.14. The smallest absolute Gasteiger partial charge is 0.312 e. The standard InChI is InChI=1S/C15H24N2O3/c1-4-9(5-2)13-12-11(17-6-7-17)8-10(15(18)19-3)14(12)20-16-13/h9-12,14H,4-8H2,1-3H3/t10-,11?,12+,14+/m0/s1. The fourth-order valence-corrected chi connectivity index (χ4v) is 3.90. The van der Waals surface area contributed by atoms with Gasteiger partial charge in [0.05, 0.1) is 24.7 Å². The number of carbonyl (C=O) groups is 1. The zero-order valence-electron chi connectivity index (χ0n) is 12.5. The first-order valence-corrected chi connectivity index (χ1v) is 7.76. The largest absolute Gasteiger partial charge is 0.469 e. The fourth-order valence-electron chi connectivity index (χ4n) is 3.90. The van der Waals surface area contributed by atoms with Gasteiger partial charge in [-0.3, -0.25) is 9.69 Å². The van der Waals surface area contributed by atoms with E-state index < -0.39 is 0 Å². The van der Waals surface area contributed by atoms with Gasteiger partial charge in [0, 0.05) is 25.0 Å². The summed E-state index contributed by atoms with van der Waals surface area (Å²) in [5, 5.41) is 4.37. The minimum atomic E-state index is -0.161. The fraction of sp³-hybridized carbons (Fsp3) is 0.867. The summed E-state index contributed by atoms with van der Waals surface area (Å²) in [5.74, 6) is 0.451. The van der Waals surface area contributed by atoms with Crippen LogP contribution in [0.5, 0.6) is 0 Å². The number of ether oxygens (including phenoxy) is 1. The molecule has 2 heterocycles. The molecule has 0 amide bonds. The molecule has 20 heavy (non-hydrogen) atoms. The summed E-state index contributed by atoms with van der Waals surface area (Å²) in [4.78, 5) is 20.1. The number of carbonyl (C=O) groups excluding carboxylic acids is 1. The predicted octanol–water partition coefficient (Wildman–Crippen LogP) is 1.67. The van der Waals surface area contributed by atoms with Crippen LogP contribution in [0.15, 0.2) is 5.16 Å². The van der Waals surface area contributed by atoms with Gasteiger partial charge < -0.3 is 9.57 Å². The minimum Gasteiger partial charge on any atom is -0.469 e. The molecule has 112 valence electrons. The number of hydrogen-bond donors (Lipinski definition) is 0. The van der Waals surface area contributed by atoms with Crippen LogP contribution < -0.4 is 0 Å². The van der Waals surface area contributed by atoms with E-state index in [-0.39, 0.29) is 23.9 Å². The summed E-state index contributed by atoms with van der Waals surface area (Å²) in [6, 6.07) is 0.408. The van der Waals surface area contributed by atoms with Crippen molar-refractivity contribution < 1.29 is 14.4 Å². The van der Waals surface area contributed by atoms with Crippen molar-refractivity contribution in [3.8, 4) is 0 Å². The number of rotatable bonds is 5. The van der Waals surface area contributed by atoms with Crippen molar-refractivity contribution in [2.24, 2.45) is 22.9 Å². The Bertz CT molecular complexity index is 415. The Morgan fingerprint density at radius 1 is 1.45 bits per heavy atom. The molecule has 0 aromatic rings. The SMILES string of the molecule is CCC(CC)C1=NO[C@@H]2[C@@H](C(=O)OC)CC(N3CC3)[C@H]12. The zero-order chi connectivity index (χ0) is 14.3. The molecule has 0 aromatic heterocycles. The highest BCUT2D eigenvalue weighted by molar-refractivity contribution is 5.92. The van der Waals surface area contributed by atoms with Crippen LogP contribution in [-0.4, -0.2) is 48.9 Å². The molecule has 5 nitrogen and oxygen atoms in total. The van der Waals surface area contributed by atoms with Crippen molar-refractivity contribution in [2.45, 2.75) is 45.3 Å². The molecule has 2 aliphatic heterocycles. The molecule has 4 atom stereocenters. The van der Waals surface area contributed by atoms with Gasteiger partial charge in [0.15, 0.2) is 6.10 Å². The molecule has 0 N–H and O–H groups in total. The van der Waals surface area contributed by atoms with E-state index in [4.69, 9.17) is 9.57 Å². The van der Waals surface area contributed by atoms with Crippen LogP contribution in [-0.2, 0) is 14.4 Å². The molecule has 1 saturated carbocycles. The lowest BCUT2D eigenvalue weighted by Crippen LogP contribution is -2.36. The highest BCUT2D eigenvalue weighted by atomic mass is 16.6. The molecule has 0 aromatic carbocycles. The van der Waals surface area contributed by atoms with Crippen LogP contribution in [0.2, 0.25) is 0 Å². The van der Waals surface area contributed by atoms with E-state index in [9.17, 15) is 4.79 Å². The van der Waals surface area contributed by atoms with Gasteiger partial charge in [-0.25, -0.2) is 0 Å². The van der Waals surface area contributed by atoms with Gasteiger partial charge in [0.25, 0.3) is 0 Å². The van der Waals surface area contributed by atoms with Crippen molar-refractivity contribution in [1.82, 2.24) is 4.90 Å². The number of methoxy groups -OCH3 is 1. The Balaban J connectivity index is 1.83. The maximum absolute atomic E-state index is 12.0. The van der Waals surface area contributed by atoms with Gasteiger partial charge in [-0.15, -0.1) is 0 Å². The molecule has 0 spiro atoms. The quantitative estimate of drug-likeness (QED) is 0.568. The molecular weight excluding hydrogens is 256 g/mol. The average molecular weight is 280 g/mol. The Morgan fingerprint density at radius 2 is 2.15 bits per heavy atom. The van der Waals surface area contributed by atoms with Crippen LogP contribution in [0.4, 0.5) is 0 Å². The first-order chi connectivity index (χ1) is 9.71. The Hall–Kier alpha value is -1.10. The number of hydrogen-bond acceptors (Lipinski definition) is 5. The Kier molecular flexibility index (Phi) is 3.71. The van der Waals surface area contributed by atoms with E-state index in [2.05, 4.69) is 23.9 Å². The molecule has 2 fully saturated rings. The van der Waals surface area contributed by atoms with Crippen molar-refractivity contribution in [3.05, 3.63) is 0 Å². The third-order valence-electron chi connectivity index (χ3n) is 5.14. The lowest BCUT2D eigenvalue weighted by Gasteiger charge is -2.23. The first kappa shape index (κ1) is 13.9. The molecule has 0 radical (unpaired) electrons. The van der Waals surface area contributed by atoms with Crippen LogP contribution in [0.1, 0.15) is 33.1 Å². The summed E-state index contributed by atoms with van der Waals surface area (Å²) < 4.78 is 4.95. The van der Waals surface area contributed by atoms with Gasteiger partial charge in [-0.1, -0.05) is 19.0 Å². The van der Waals surface area contributed by atoms with Gasteiger partial charge >= 0.3 is 5.97 Å². The van der Waals surface area contributed by atoms with Crippen molar-refractivity contribution in [2.75, 3.05) is 20.2 Å². The summed E-state index contributed by atoms with van der Waals surface area (Å²) >= 11 is 0. The van der Waals surface area contributed by atoms with Gasteiger partial charge in [0.2, 0.25) is 0 Å². The molecule has 1 unspecified atom stereocenters. The topological polar surface area (TPSA) is 50.9 Å². The van der Waals surface area contributed by atoms with Crippen LogP contribution >= 0.6 is 0 Å². The highest BCUT2D eigenvalue weighted by Gasteiger charge is 2.57. The zero-order valence-corrected chi connectivity index (χ0v) is 12.5. The number of nitrogens with zero attached hydrogens (tertiary/aromatic N) is 2. The lowest BCUT2D eigenvalue weighted by molar-refractivity contribution is -0.149. The maximum Gasteiger partial charge on any atom is 0.312 e. The second-order valence-corrected chi connectivity index (χ2v) is 6.09. The first-order valence-electron chi connectivity index (χ1n) is 7.76. The monoisotopic (exact) mass is 280 g/mol. The molecular formula is C15H24N2O3. The summed E-state index contributed by atoms with van der Waals surface area (Å²) in [7, 11) is 1.46. The minimum absolute atomic E-state index is 0.108. The highest BCUT2D eigenvalue weighted by Crippen LogP contribution is 2.45. The second kappa shape index (κ2) is 5.35. The van der Waals surface area contributed by atoms with Crippen molar-refractivity contribution in [3.63, 3.8) is 0 Å². The number of oxime groups is 1. The molecule has 0 bridgehead atoms. The van der Waals surface area contributed by atoms with Crippen LogP contribution in [0.25, 0.3) is 0 Å². The van der Waals surface area contributed by atoms with Crippen molar-refractivity contribution >= 4 is 11.7 Å². The maximum atomic E-state index is 12.0. The molecule has 1 aliphatic carbocycles. The molecule has 3 rings (SSSR count). The molecule has 1 saturated heterocycles. The van der Waals surface area contributed by atoms with E-state index in [1.165, 1.54) is 12.8 Å². The third kappa shape index (κ3) is 2.12. The van der Waals surface area contributed by atoms with Crippen molar-refractivity contribution in [1.29, 1.82) is 0 Å².